The number of amides is 1. The van der Waals surface area contributed by atoms with Crippen LogP contribution >= 0.6 is 0 Å². The number of carbonyl (C=O) groups excluding carboxylic acids is 1. The quantitative estimate of drug-likeness (QED) is 0.831. The Hall–Kier alpha value is -2.64. The molecule has 4 rings (SSSR count). The summed E-state index contributed by atoms with van der Waals surface area (Å²) >= 11 is 0. The van der Waals surface area contributed by atoms with Gasteiger partial charge in [-0.05, 0) is 6.07 Å². The Bertz CT molecular complexity index is 702. The number of carbonyl (C=O) groups is 1. The lowest BCUT2D eigenvalue weighted by molar-refractivity contribution is 0.0764. The molecule has 1 atom stereocenters. The maximum absolute atomic E-state index is 12.7. The van der Waals surface area contributed by atoms with Crippen molar-refractivity contribution in [1.82, 2.24) is 24.9 Å². The number of rotatable bonds is 3. The van der Waals surface area contributed by atoms with Crippen molar-refractivity contribution >= 4 is 5.91 Å². The summed E-state index contributed by atoms with van der Waals surface area (Å²) in [6, 6.07) is 3.54. The Morgan fingerprint density at radius 3 is 3.22 bits per heavy atom. The molecule has 0 radical (unpaired) electrons. The third kappa shape index (κ3) is 2.71. The van der Waals surface area contributed by atoms with E-state index < -0.39 is 0 Å². The highest BCUT2D eigenvalue weighted by atomic mass is 16.5. The van der Waals surface area contributed by atoms with Gasteiger partial charge in [0.25, 0.3) is 5.91 Å². The minimum Gasteiger partial charge on any atom is -0.477 e. The summed E-state index contributed by atoms with van der Waals surface area (Å²) in [5, 5.41) is 11.9. The SMILES string of the molecule is O=C(c1cnn2c1OCCC2)N1CC[C@@H](Oc2cccnn2)C1. The van der Waals surface area contributed by atoms with Gasteiger partial charge in [-0.25, -0.2) is 4.68 Å². The van der Waals surface area contributed by atoms with Crippen molar-refractivity contribution in [2.45, 2.75) is 25.5 Å². The molecule has 0 saturated carbocycles. The fourth-order valence-corrected chi connectivity index (χ4v) is 2.92. The molecule has 0 aliphatic carbocycles. The van der Waals surface area contributed by atoms with Gasteiger partial charge < -0.3 is 14.4 Å². The van der Waals surface area contributed by atoms with E-state index in [0.717, 1.165) is 19.4 Å². The van der Waals surface area contributed by atoms with E-state index in [-0.39, 0.29) is 12.0 Å². The first-order valence-electron chi connectivity index (χ1n) is 7.73. The van der Waals surface area contributed by atoms with Gasteiger partial charge in [0.05, 0.1) is 19.3 Å². The van der Waals surface area contributed by atoms with Gasteiger partial charge in [-0.2, -0.15) is 10.2 Å². The number of aromatic nitrogens is 4. The molecule has 0 aromatic carbocycles. The van der Waals surface area contributed by atoms with Crippen molar-refractivity contribution in [2.75, 3.05) is 19.7 Å². The van der Waals surface area contributed by atoms with Crippen LogP contribution in [0, 0.1) is 0 Å². The fourth-order valence-electron chi connectivity index (χ4n) is 2.92. The average Bonchev–Trinajstić information content (AvgIpc) is 3.22. The molecule has 1 fully saturated rings. The van der Waals surface area contributed by atoms with E-state index in [1.807, 2.05) is 0 Å². The molecule has 1 amide bonds. The minimum atomic E-state index is -0.0667. The van der Waals surface area contributed by atoms with E-state index in [9.17, 15) is 4.79 Å². The highest BCUT2D eigenvalue weighted by molar-refractivity contribution is 5.96. The summed E-state index contributed by atoms with van der Waals surface area (Å²) in [4.78, 5) is 14.5. The maximum Gasteiger partial charge on any atom is 0.261 e. The first-order chi connectivity index (χ1) is 11.3. The van der Waals surface area contributed by atoms with E-state index in [0.29, 0.717) is 37.0 Å². The molecule has 0 unspecified atom stereocenters. The van der Waals surface area contributed by atoms with Crippen molar-refractivity contribution in [1.29, 1.82) is 0 Å². The normalized spacial score (nSPS) is 20.0. The maximum atomic E-state index is 12.7. The molecule has 8 nitrogen and oxygen atoms in total. The van der Waals surface area contributed by atoms with Gasteiger partial charge in [0, 0.05) is 38.2 Å². The second kappa shape index (κ2) is 5.86. The molecule has 23 heavy (non-hydrogen) atoms. The van der Waals surface area contributed by atoms with Gasteiger partial charge in [0.2, 0.25) is 11.8 Å². The van der Waals surface area contributed by atoms with Crippen LogP contribution in [0.5, 0.6) is 11.8 Å². The van der Waals surface area contributed by atoms with Crippen LogP contribution in [0.3, 0.4) is 0 Å². The zero-order valence-corrected chi connectivity index (χ0v) is 12.6. The van der Waals surface area contributed by atoms with Gasteiger partial charge in [-0.3, -0.25) is 4.79 Å². The Balaban J connectivity index is 1.43. The van der Waals surface area contributed by atoms with Crippen LogP contribution in [-0.4, -0.2) is 56.6 Å². The molecule has 0 N–H and O–H groups in total. The van der Waals surface area contributed by atoms with Crippen LogP contribution in [0.4, 0.5) is 0 Å². The molecule has 120 valence electrons. The second-order valence-electron chi connectivity index (χ2n) is 5.63. The third-order valence-corrected chi connectivity index (χ3v) is 4.04. The molecule has 4 heterocycles. The van der Waals surface area contributed by atoms with Crippen LogP contribution in [-0.2, 0) is 6.54 Å². The monoisotopic (exact) mass is 315 g/mol. The molecular weight excluding hydrogens is 298 g/mol. The fraction of sp³-hybridized carbons (Fsp3) is 0.467. The molecule has 1 saturated heterocycles. The largest absolute Gasteiger partial charge is 0.477 e. The number of fused-ring (bicyclic) bond motifs is 1. The first kappa shape index (κ1) is 14.0. The minimum absolute atomic E-state index is 0.0570. The number of aryl methyl sites for hydroxylation is 1. The van der Waals surface area contributed by atoms with Gasteiger partial charge in [0.1, 0.15) is 11.7 Å². The van der Waals surface area contributed by atoms with Crippen LogP contribution < -0.4 is 9.47 Å². The number of hydrogen-bond acceptors (Lipinski definition) is 6. The van der Waals surface area contributed by atoms with E-state index in [1.165, 1.54) is 0 Å². The van der Waals surface area contributed by atoms with Crippen molar-refractivity contribution in [3.63, 3.8) is 0 Å². The van der Waals surface area contributed by atoms with Crippen molar-refractivity contribution in [2.24, 2.45) is 0 Å². The number of likely N-dealkylation sites (tertiary alicyclic amines) is 1. The van der Waals surface area contributed by atoms with Crippen LogP contribution in [0.15, 0.2) is 24.5 Å². The topological polar surface area (TPSA) is 82.4 Å². The number of hydrogen-bond donors (Lipinski definition) is 0. The summed E-state index contributed by atoms with van der Waals surface area (Å²) in [5.74, 6) is 1.01. The number of nitrogens with zero attached hydrogens (tertiary/aromatic N) is 5. The van der Waals surface area contributed by atoms with Gasteiger partial charge >= 0.3 is 0 Å². The Morgan fingerprint density at radius 1 is 1.39 bits per heavy atom. The lowest BCUT2D eigenvalue weighted by Gasteiger charge is -2.19. The van der Waals surface area contributed by atoms with Crippen LogP contribution in [0.25, 0.3) is 0 Å². The lowest BCUT2D eigenvalue weighted by atomic mass is 10.3. The zero-order chi connectivity index (χ0) is 15.6. The predicted octanol–water partition coefficient (Wildman–Crippen LogP) is 0.749. The summed E-state index contributed by atoms with van der Waals surface area (Å²) < 4.78 is 13.1. The van der Waals surface area contributed by atoms with E-state index in [4.69, 9.17) is 9.47 Å². The molecule has 0 spiro atoms. The number of ether oxygens (including phenoxy) is 2. The second-order valence-corrected chi connectivity index (χ2v) is 5.63. The van der Waals surface area contributed by atoms with Gasteiger partial charge in [-0.15, -0.1) is 5.10 Å². The summed E-state index contributed by atoms with van der Waals surface area (Å²) in [7, 11) is 0. The molecular formula is C15H17N5O3. The van der Waals surface area contributed by atoms with E-state index >= 15 is 0 Å². The van der Waals surface area contributed by atoms with Crippen molar-refractivity contribution in [3.05, 3.63) is 30.1 Å². The molecule has 2 aliphatic rings. The Labute approximate surface area is 133 Å². The first-order valence-corrected chi connectivity index (χ1v) is 7.73. The van der Waals surface area contributed by atoms with Crippen LogP contribution in [0.2, 0.25) is 0 Å². The summed E-state index contributed by atoms with van der Waals surface area (Å²) in [6.45, 7) is 2.60. The highest BCUT2D eigenvalue weighted by Gasteiger charge is 2.32. The van der Waals surface area contributed by atoms with Crippen molar-refractivity contribution in [3.8, 4) is 11.8 Å². The van der Waals surface area contributed by atoms with Gasteiger partial charge in [0.15, 0.2) is 0 Å². The molecule has 2 aromatic rings. The van der Waals surface area contributed by atoms with E-state index in [1.54, 1.807) is 34.1 Å². The van der Waals surface area contributed by atoms with Crippen LogP contribution in [0.1, 0.15) is 23.2 Å². The molecule has 8 heteroatoms. The summed E-state index contributed by atoms with van der Waals surface area (Å²) in [6.07, 6.45) is 4.82. The van der Waals surface area contributed by atoms with Crippen molar-refractivity contribution < 1.29 is 14.3 Å². The third-order valence-electron chi connectivity index (χ3n) is 4.04. The standard InChI is InChI=1S/C15H17N5O3/c21-14(12-9-17-20-6-2-8-22-15(12)20)19-7-4-11(10-19)23-13-3-1-5-16-18-13/h1,3,5,9,11H,2,4,6-8,10H2/t11-/m1/s1. The van der Waals surface area contributed by atoms with E-state index in [2.05, 4.69) is 15.3 Å². The summed E-state index contributed by atoms with van der Waals surface area (Å²) in [5.41, 5.74) is 0.532. The Kier molecular flexibility index (Phi) is 3.57. The predicted molar refractivity (Wildman–Crippen MR) is 79.3 cm³/mol. The highest BCUT2D eigenvalue weighted by Crippen LogP contribution is 2.25. The average molecular weight is 315 g/mol. The smallest absolute Gasteiger partial charge is 0.261 e. The molecule has 2 aromatic heterocycles. The van der Waals surface area contributed by atoms with Gasteiger partial charge in [-0.1, -0.05) is 0 Å². The molecule has 0 bridgehead atoms. The zero-order valence-electron chi connectivity index (χ0n) is 12.6. The lowest BCUT2D eigenvalue weighted by Crippen LogP contribution is -2.31. The Morgan fingerprint density at radius 2 is 2.35 bits per heavy atom. The molecule has 2 aliphatic heterocycles.